The molecule has 0 unspecified atom stereocenters. The van der Waals surface area contributed by atoms with E-state index in [0.717, 1.165) is 15.9 Å². The normalized spacial score (nSPS) is 11.7. The molecule has 0 spiro atoms. The van der Waals surface area contributed by atoms with Gasteiger partial charge >= 0.3 is 5.97 Å². The van der Waals surface area contributed by atoms with Crippen LogP contribution in [0.5, 0.6) is 0 Å². The summed E-state index contributed by atoms with van der Waals surface area (Å²) in [6.45, 7) is 3.95. The molecule has 0 N–H and O–H groups in total. The number of rotatable bonds is 6. The molecule has 142 valence electrons. The Morgan fingerprint density at radius 1 is 0.821 bits per heavy atom. The third kappa shape index (κ3) is 4.00. The van der Waals surface area contributed by atoms with Crippen LogP contribution >= 0.6 is 7.05 Å². The maximum absolute atomic E-state index is 12.6. The van der Waals surface area contributed by atoms with Crippen molar-refractivity contribution in [2.75, 3.05) is 6.61 Å². The van der Waals surface area contributed by atoms with Crippen LogP contribution in [-0.2, 0) is 9.53 Å². The van der Waals surface area contributed by atoms with Crippen LogP contribution in [0.2, 0.25) is 0 Å². The molecule has 3 nitrogen and oxygen atoms in total. The SMILES string of the molecule is C/C=C(/N=P(c1ccccc1)(c1ccccc1)c1ccccc1)C(=O)OCC. The maximum Gasteiger partial charge on any atom is 0.356 e. The van der Waals surface area contributed by atoms with Gasteiger partial charge in [-0.25, -0.2) is 9.54 Å². The van der Waals surface area contributed by atoms with E-state index in [1.807, 2.05) is 61.5 Å². The van der Waals surface area contributed by atoms with Gasteiger partial charge in [0.1, 0.15) is 5.70 Å². The number of nitrogens with zero attached hydrogens (tertiary/aromatic N) is 1. The van der Waals surface area contributed by atoms with Crippen LogP contribution in [0.25, 0.3) is 0 Å². The molecule has 3 aromatic rings. The minimum absolute atomic E-state index is 0.319. The molecule has 0 saturated heterocycles. The summed E-state index contributed by atoms with van der Waals surface area (Å²) in [5, 5.41) is 3.28. The molecule has 0 aromatic heterocycles. The Balaban J connectivity index is 2.41. The van der Waals surface area contributed by atoms with Gasteiger partial charge < -0.3 is 4.74 Å². The Kier molecular flexibility index (Phi) is 6.62. The van der Waals surface area contributed by atoms with Crippen LogP contribution in [0.3, 0.4) is 0 Å². The van der Waals surface area contributed by atoms with E-state index in [0.29, 0.717) is 12.3 Å². The Hall–Kier alpha value is -2.90. The van der Waals surface area contributed by atoms with E-state index in [9.17, 15) is 4.79 Å². The largest absolute Gasteiger partial charge is 0.461 e. The predicted octanol–water partition coefficient (Wildman–Crippen LogP) is 4.63. The van der Waals surface area contributed by atoms with Gasteiger partial charge in [0.2, 0.25) is 0 Å². The minimum Gasteiger partial charge on any atom is -0.461 e. The quantitative estimate of drug-likeness (QED) is 0.350. The third-order valence-corrected chi connectivity index (χ3v) is 8.06. The predicted molar refractivity (Wildman–Crippen MR) is 118 cm³/mol. The number of hydrogen-bond acceptors (Lipinski definition) is 3. The van der Waals surface area contributed by atoms with Gasteiger partial charge in [-0.1, -0.05) is 97.1 Å². The molecule has 0 fully saturated rings. The Morgan fingerprint density at radius 3 is 1.54 bits per heavy atom. The summed E-state index contributed by atoms with van der Waals surface area (Å²) in [5.41, 5.74) is 0.353. The van der Waals surface area contributed by atoms with Crippen molar-refractivity contribution in [2.24, 2.45) is 4.74 Å². The first-order valence-corrected chi connectivity index (χ1v) is 11.1. The summed E-state index contributed by atoms with van der Waals surface area (Å²) in [5.74, 6) is -0.392. The molecule has 3 aromatic carbocycles. The molecule has 0 atom stereocenters. The maximum atomic E-state index is 12.6. The van der Waals surface area contributed by atoms with E-state index < -0.39 is 13.0 Å². The number of esters is 1. The molecular formula is C24H24NO2P. The van der Waals surface area contributed by atoms with Gasteiger partial charge in [0, 0.05) is 15.9 Å². The van der Waals surface area contributed by atoms with Crippen LogP contribution in [0.4, 0.5) is 0 Å². The summed E-state index contributed by atoms with van der Waals surface area (Å²) in [6.07, 6.45) is 1.74. The lowest BCUT2D eigenvalue weighted by atomic mass is 10.4. The van der Waals surface area contributed by atoms with Gasteiger partial charge in [-0.15, -0.1) is 0 Å². The van der Waals surface area contributed by atoms with Crippen molar-refractivity contribution in [1.29, 1.82) is 0 Å². The highest BCUT2D eigenvalue weighted by Crippen LogP contribution is 2.47. The molecule has 0 amide bonds. The lowest BCUT2D eigenvalue weighted by molar-refractivity contribution is -0.138. The molecule has 0 aliphatic carbocycles. The van der Waals surface area contributed by atoms with Crippen molar-refractivity contribution in [3.63, 3.8) is 0 Å². The van der Waals surface area contributed by atoms with Gasteiger partial charge in [0.25, 0.3) is 0 Å². The van der Waals surface area contributed by atoms with Crippen LogP contribution in [0, 0.1) is 0 Å². The number of benzene rings is 3. The molecule has 0 aliphatic rings. The first-order valence-electron chi connectivity index (χ1n) is 9.35. The molecule has 0 bridgehead atoms. The summed E-state index contributed by atoms with van der Waals surface area (Å²) in [7, 11) is -2.45. The van der Waals surface area contributed by atoms with Gasteiger partial charge in [-0.2, -0.15) is 0 Å². The van der Waals surface area contributed by atoms with Crippen molar-refractivity contribution < 1.29 is 9.53 Å². The molecule has 0 aliphatic heterocycles. The summed E-state index contributed by atoms with van der Waals surface area (Å²) in [6, 6.07) is 30.7. The summed E-state index contributed by atoms with van der Waals surface area (Å²) in [4.78, 5) is 12.6. The van der Waals surface area contributed by atoms with Crippen molar-refractivity contribution in [3.05, 3.63) is 103 Å². The second-order valence-corrected chi connectivity index (χ2v) is 9.16. The lowest BCUT2D eigenvalue weighted by Gasteiger charge is -2.27. The minimum atomic E-state index is -2.45. The average molecular weight is 389 g/mol. The molecule has 3 rings (SSSR count). The molecule has 0 saturated carbocycles. The monoisotopic (exact) mass is 389 g/mol. The highest BCUT2D eigenvalue weighted by molar-refractivity contribution is 7.87. The van der Waals surface area contributed by atoms with E-state index in [-0.39, 0.29) is 0 Å². The van der Waals surface area contributed by atoms with Crippen molar-refractivity contribution in [1.82, 2.24) is 0 Å². The van der Waals surface area contributed by atoms with Crippen molar-refractivity contribution in [2.45, 2.75) is 13.8 Å². The van der Waals surface area contributed by atoms with Crippen molar-refractivity contribution in [3.8, 4) is 0 Å². The number of carbonyl (C=O) groups is 1. The zero-order valence-corrected chi connectivity index (χ0v) is 17.1. The van der Waals surface area contributed by atoms with Crippen LogP contribution in [0.15, 0.2) is 108 Å². The first-order chi connectivity index (χ1) is 13.7. The standard InChI is InChI=1S/C24H24NO2P/c1-3-23(24(26)27-4-2)25-28(20-14-8-5-9-15-20,21-16-10-6-11-17-21)22-18-12-7-13-19-22/h3,5-19H,4H2,1-2H3/b23-3+. The average Bonchev–Trinajstić information content (AvgIpc) is 2.77. The molecule has 4 heteroatoms. The van der Waals surface area contributed by atoms with E-state index in [4.69, 9.17) is 9.48 Å². The topological polar surface area (TPSA) is 38.7 Å². The fourth-order valence-corrected chi connectivity index (χ4v) is 6.71. The number of allylic oxidation sites excluding steroid dienone is 1. The van der Waals surface area contributed by atoms with Crippen LogP contribution < -0.4 is 15.9 Å². The molecule has 28 heavy (non-hydrogen) atoms. The zero-order valence-electron chi connectivity index (χ0n) is 16.2. The highest BCUT2D eigenvalue weighted by Gasteiger charge is 2.28. The second kappa shape index (κ2) is 9.34. The van der Waals surface area contributed by atoms with E-state index in [1.165, 1.54) is 0 Å². The number of hydrogen-bond donors (Lipinski definition) is 0. The fraction of sp³-hybridized carbons (Fsp3) is 0.125. The Labute approximate surface area is 166 Å². The summed E-state index contributed by atoms with van der Waals surface area (Å²) >= 11 is 0. The smallest absolute Gasteiger partial charge is 0.356 e. The summed E-state index contributed by atoms with van der Waals surface area (Å²) < 4.78 is 10.4. The van der Waals surface area contributed by atoms with Gasteiger partial charge in [-0.3, -0.25) is 0 Å². The Bertz CT molecular complexity index is 893. The molecule has 0 heterocycles. The van der Waals surface area contributed by atoms with Crippen LogP contribution in [-0.4, -0.2) is 12.6 Å². The molecular weight excluding hydrogens is 365 g/mol. The fourth-order valence-electron chi connectivity index (χ4n) is 3.13. The van der Waals surface area contributed by atoms with Crippen molar-refractivity contribution >= 4 is 28.9 Å². The number of ether oxygens (including phenoxy) is 1. The third-order valence-electron chi connectivity index (χ3n) is 4.41. The van der Waals surface area contributed by atoms with E-state index >= 15 is 0 Å². The zero-order chi connectivity index (χ0) is 19.8. The van der Waals surface area contributed by atoms with Gasteiger partial charge in [-0.05, 0) is 13.8 Å². The highest BCUT2D eigenvalue weighted by atomic mass is 31.2. The lowest BCUT2D eigenvalue weighted by Crippen LogP contribution is -2.26. The van der Waals surface area contributed by atoms with Crippen LogP contribution in [0.1, 0.15) is 13.8 Å². The molecule has 0 radical (unpaired) electrons. The Morgan fingerprint density at radius 2 is 1.21 bits per heavy atom. The number of carbonyl (C=O) groups excluding carboxylic acids is 1. The first kappa shape index (κ1) is 19.9. The van der Waals surface area contributed by atoms with E-state index in [1.54, 1.807) is 13.0 Å². The van der Waals surface area contributed by atoms with Gasteiger partial charge in [0.15, 0.2) is 0 Å². The second-order valence-electron chi connectivity index (χ2n) is 6.14. The van der Waals surface area contributed by atoms with Gasteiger partial charge in [0.05, 0.1) is 13.7 Å². The van der Waals surface area contributed by atoms with E-state index in [2.05, 4.69) is 36.4 Å².